The Morgan fingerprint density at radius 1 is 1.18 bits per heavy atom. The average molecular weight is 226 g/mol. The smallest absolute Gasteiger partial charge is 0.251 e. The van der Waals surface area contributed by atoms with E-state index in [0.29, 0.717) is 0 Å². The molecule has 3 nitrogen and oxygen atoms in total. The van der Waals surface area contributed by atoms with Gasteiger partial charge in [-0.1, -0.05) is 6.07 Å². The van der Waals surface area contributed by atoms with Gasteiger partial charge in [0.1, 0.15) is 0 Å². The fourth-order valence-corrected chi connectivity index (χ4v) is 2.54. The van der Waals surface area contributed by atoms with Gasteiger partial charge in [0.05, 0.1) is 0 Å². The van der Waals surface area contributed by atoms with Gasteiger partial charge in [0.2, 0.25) is 0 Å². The lowest BCUT2D eigenvalue weighted by Gasteiger charge is -2.18. The maximum Gasteiger partial charge on any atom is 0.251 e. The van der Waals surface area contributed by atoms with E-state index in [1.165, 1.54) is 12.0 Å². The van der Waals surface area contributed by atoms with Gasteiger partial charge in [0, 0.05) is 35.3 Å². The largest absolute Gasteiger partial charge is 0.328 e. The number of fused-ring (bicyclic) bond motifs is 1. The Kier molecular flexibility index (Phi) is 2.52. The van der Waals surface area contributed by atoms with Crippen molar-refractivity contribution >= 4 is 0 Å². The number of nitrogens with zero attached hydrogens (tertiary/aromatic N) is 1. The van der Waals surface area contributed by atoms with Gasteiger partial charge < -0.3 is 4.98 Å². The topological polar surface area (TPSA) is 45.8 Å². The zero-order valence-electron chi connectivity index (χ0n) is 9.57. The van der Waals surface area contributed by atoms with Crippen molar-refractivity contribution in [2.24, 2.45) is 0 Å². The normalized spacial score (nSPS) is 14.4. The Hall–Kier alpha value is -1.90. The standard InChI is InChI=1S/C14H14N2O/c17-14-12-6-2-1-5-11(12)13(9-16-14)10-4-3-7-15-8-10/h3-4,7-9H,1-2,5-6H2,(H,16,17). The molecule has 2 heterocycles. The summed E-state index contributed by atoms with van der Waals surface area (Å²) >= 11 is 0. The molecular formula is C14H14N2O. The highest BCUT2D eigenvalue weighted by molar-refractivity contribution is 5.67. The fraction of sp³-hybridized carbons (Fsp3) is 0.286. The van der Waals surface area contributed by atoms with Gasteiger partial charge in [-0.15, -0.1) is 0 Å². The summed E-state index contributed by atoms with van der Waals surface area (Å²) in [7, 11) is 0. The Labute approximate surface area is 99.5 Å². The third kappa shape index (κ3) is 1.78. The van der Waals surface area contributed by atoms with Crippen LogP contribution in [0.3, 0.4) is 0 Å². The summed E-state index contributed by atoms with van der Waals surface area (Å²) in [5, 5.41) is 0. The molecule has 0 unspecified atom stereocenters. The van der Waals surface area contributed by atoms with Crippen LogP contribution in [-0.4, -0.2) is 9.97 Å². The highest BCUT2D eigenvalue weighted by Gasteiger charge is 2.17. The molecule has 0 saturated carbocycles. The number of H-pyrrole nitrogens is 1. The van der Waals surface area contributed by atoms with Crippen molar-refractivity contribution in [1.82, 2.24) is 9.97 Å². The first kappa shape index (κ1) is 10.3. The molecule has 3 rings (SSSR count). The summed E-state index contributed by atoms with van der Waals surface area (Å²) in [6.45, 7) is 0. The lowest BCUT2D eigenvalue weighted by Crippen LogP contribution is -2.19. The third-order valence-electron chi connectivity index (χ3n) is 3.39. The number of aromatic nitrogens is 2. The summed E-state index contributed by atoms with van der Waals surface area (Å²) in [5.74, 6) is 0. The number of hydrogen-bond acceptors (Lipinski definition) is 2. The molecule has 2 aromatic heterocycles. The van der Waals surface area contributed by atoms with Crippen LogP contribution in [0.15, 0.2) is 35.5 Å². The minimum Gasteiger partial charge on any atom is -0.328 e. The molecule has 1 aliphatic carbocycles. The predicted molar refractivity (Wildman–Crippen MR) is 66.9 cm³/mol. The lowest BCUT2D eigenvalue weighted by atomic mass is 9.88. The molecule has 17 heavy (non-hydrogen) atoms. The lowest BCUT2D eigenvalue weighted by molar-refractivity contribution is 0.678. The summed E-state index contributed by atoms with van der Waals surface area (Å²) in [5.41, 5.74) is 4.48. The molecule has 3 heteroatoms. The molecule has 0 amide bonds. The van der Waals surface area contributed by atoms with E-state index >= 15 is 0 Å². The molecule has 0 saturated heterocycles. The van der Waals surface area contributed by atoms with Crippen molar-refractivity contribution < 1.29 is 0 Å². The van der Waals surface area contributed by atoms with Crippen LogP contribution in [0.2, 0.25) is 0 Å². The van der Waals surface area contributed by atoms with Crippen molar-refractivity contribution in [3.63, 3.8) is 0 Å². The van der Waals surface area contributed by atoms with Gasteiger partial charge in [0.25, 0.3) is 5.56 Å². The molecule has 0 radical (unpaired) electrons. The SMILES string of the molecule is O=c1[nH]cc(-c2cccnc2)c2c1CCCC2. The highest BCUT2D eigenvalue weighted by Crippen LogP contribution is 2.28. The molecule has 0 bridgehead atoms. The Morgan fingerprint density at radius 3 is 2.76 bits per heavy atom. The number of hydrogen-bond donors (Lipinski definition) is 1. The quantitative estimate of drug-likeness (QED) is 0.811. The van der Waals surface area contributed by atoms with Crippen molar-refractivity contribution in [2.45, 2.75) is 25.7 Å². The molecule has 0 atom stereocenters. The van der Waals surface area contributed by atoms with Gasteiger partial charge in [-0.25, -0.2) is 0 Å². The van der Waals surface area contributed by atoms with Crippen molar-refractivity contribution in [2.75, 3.05) is 0 Å². The van der Waals surface area contributed by atoms with Gasteiger partial charge >= 0.3 is 0 Å². The molecule has 1 aliphatic rings. The van der Waals surface area contributed by atoms with Crippen molar-refractivity contribution in [3.8, 4) is 11.1 Å². The van der Waals surface area contributed by atoms with Crippen molar-refractivity contribution in [3.05, 3.63) is 52.2 Å². The van der Waals surface area contributed by atoms with Gasteiger partial charge in [-0.05, 0) is 37.3 Å². The van der Waals surface area contributed by atoms with Crippen LogP contribution in [0.4, 0.5) is 0 Å². The zero-order chi connectivity index (χ0) is 11.7. The number of rotatable bonds is 1. The molecule has 0 spiro atoms. The molecule has 0 fully saturated rings. The molecule has 1 N–H and O–H groups in total. The first-order chi connectivity index (χ1) is 8.36. The van der Waals surface area contributed by atoms with E-state index in [4.69, 9.17) is 0 Å². The van der Waals surface area contributed by atoms with Gasteiger partial charge in [0.15, 0.2) is 0 Å². The van der Waals surface area contributed by atoms with Crippen LogP contribution in [0.1, 0.15) is 24.0 Å². The summed E-state index contributed by atoms with van der Waals surface area (Å²) in [6.07, 6.45) is 9.63. The summed E-state index contributed by atoms with van der Waals surface area (Å²) in [4.78, 5) is 18.8. The zero-order valence-corrected chi connectivity index (χ0v) is 9.57. The second kappa shape index (κ2) is 4.17. The second-order valence-corrected chi connectivity index (χ2v) is 4.44. The van der Waals surface area contributed by atoms with E-state index in [-0.39, 0.29) is 5.56 Å². The average Bonchev–Trinajstić information content (AvgIpc) is 2.41. The molecule has 86 valence electrons. The van der Waals surface area contributed by atoms with Crippen LogP contribution < -0.4 is 5.56 Å². The number of nitrogens with one attached hydrogen (secondary N) is 1. The predicted octanol–water partition coefficient (Wildman–Crippen LogP) is 2.32. The van der Waals surface area contributed by atoms with E-state index in [2.05, 4.69) is 9.97 Å². The van der Waals surface area contributed by atoms with E-state index in [0.717, 1.165) is 36.0 Å². The second-order valence-electron chi connectivity index (χ2n) is 4.44. The Balaban J connectivity index is 2.22. The fourth-order valence-electron chi connectivity index (χ4n) is 2.54. The molecule has 0 aliphatic heterocycles. The van der Waals surface area contributed by atoms with Gasteiger partial charge in [-0.2, -0.15) is 0 Å². The van der Waals surface area contributed by atoms with Crippen LogP contribution >= 0.6 is 0 Å². The van der Waals surface area contributed by atoms with E-state index in [1.807, 2.05) is 24.5 Å². The highest BCUT2D eigenvalue weighted by atomic mass is 16.1. The Bertz CT molecular complexity index is 587. The van der Waals surface area contributed by atoms with Gasteiger partial charge in [-0.3, -0.25) is 9.78 Å². The van der Waals surface area contributed by atoms with Crippen LogP contribution in [0.25, 0.3) is 11.1 Å². The van der Waals surface area contributed by atoms with E-state index < -0.39 is 0 Å². The first-order valence-electron chi connectivity index (χ1n) is 6.00. The third-order valence-corrected chi connectivity index (χ3v) is 3.39. The number of pyridine rings is 2. The van der Waals surface area contributed by atoms with Crippen molar-refractivity contribution in [1.29, 1.82) is 0 Å². The van der Waals surface area contributed by atoms with E-state index in [1.54, 1.807) is 6.20 Å². The first-order valence-corrected chi connectivity index (χ1v) is 6.00. The van der Waals surface area contributed by atoms with Crippen LogP contribution in [0.5, 0.6) is 0 Å². The maximum absolute atomic E-state index is 11.8. The molecule has 0 aromatic carbocycles. The summed E-state index contributed by atoms with van der Waals surface area (Å²) in [6, 6.07) is 3.96. The molecular weight excluding hydrogens is 212 g/mol. The number of aromatic amines is 1. The summed E-state index contributed by atoms with van der Waals surface area (Å²) < 4.78 is 0. The van der Waals surface area contributed by atoms with Crippen LogP contribution in [-0.2, 0) is 12.8 Å². The minimum absolute atomic E-state index is 0.0762. The minimum atomic E-state index is 0.0762. The monoisotopic (exact) mass is 226 g/mol. The van der Waals surface area contributed by atoms with Crippen LogP contribution in [0, 0.1) is 0 Å². The molecule has 2 aromatic rings. The maximum atomic E-state index is 11.8. The van der Waals surface area contributed by atoms with E-state index in [9.17, 15) is 4.79 Å². The Morgan fingerprint density at radius 2 is 2.00 bits per heavy atom.